The summed E-state index contributed by atoms with van der Waals surface area (Å²) in [6.45, 7) is 0.0662. The lowest BCUT2D eigenvalue weighted by atomic mass is 10.2. The molecule has 0 unspecified atom stereocenters. The number of nitrogens with zero attached hydrogens (tertiary/aromatic N) is 1. The molecule has 0 aliphatic carbocycles. The average molecular weight is 328 g/mol. The third kappa shape index (κ3) is 3.51. The van der Waals surface area contributed by atoms with Gasteiger partial charge >= 0.3 is 5.69 Å². The quantitative estimate of drug-likeness (QED) is 0.303. The minimum absolute atomic E-state index is 0.0559. The maximum atomic E-state index is 11.0. The Morgan fingerprint density at radius 3 is 2.57 bits per heavy atom. The normalized spacial score (nSPS) is 22.9. The summed E-state index contributed by atoms with van der Waals surface area (Å²) in [4.78, 5) is 10.4. The van der Waals surface area contributed by atoms with Crippen molar-refractivity contribution < 1.29 is 24.2 Å². The molecule has 1 aliphatic rings. The summed E-state index contributed by atoms with van der Waals surface area (Å²) in [5.74, 6) is -0.188. The summed E-state index contributed by atoms with van der Waals surface area (Å²) < 4.78 is 16.9. The number of benzene rings is 1. The molecular formula is C13H20N4O6. The van der Waals surface area contributed by atoms with E-state index in [9.17, 15) is 15.2 Å². The molecule has 10 nitrogen and oxygen atoms in total. The fourth-order valence-corrected chi connectivity index (χ4v) is 2.15. The Hall–Kier alpha value is -1.98. The van der Waals surface area contributed by atoms with Crippen LogP contribution < -0.4 is 20.7 Å². The Labute approximate surface area is 132 Å². The molecule has 0 radical (unpaired) electrons. The summed E-state index contributed by atoms with van der Waals surface area (Å²) >= 11 is 0. The average Bonchev–Trinajstić information content (AvgIpc) is 2.93. The van der Waals surface area contributed by atoms with Gasteiger partial charge in [-0.1, -0.05) is 0 Å². The maximum Gasteiger partial charge on any atom is 0.311 e. The Kier molecular flexibility index (Phi) is 5.02. The van der Waals surface area contributed by atoms with Crippen LogP contribution in [0.5, 0.6) is 11.5 Å². The van der Waals surface area contributed by atoms with Crippen molar-refractivity contribution in [2.75, 3.05) is 34.4 Å². The number of hydrogen-bond donors (Lipinski definition) is 4. The number of phenols is 1. The van der Waals surface area contributed by atoms with Crippen molar-refractivity contribution in [3.05, 3.63) is 28.3 Å². The van der Waals surface area contributed by atoms with Crippen molar-refractivity contribution in [2.45, 2.75) is 11.8 Å². The van der Waals surface area contributed by atoms with Crippen LogP contribution >= 0.6 is 0 Å². The van der Waals surface area contributed by atoms with Gasteiger partial charge in [-0.2, -0.15) is 0 Å². The van der Waals surface area contributed by atoms with Gasteiger partial charge in [0.15, 0.2) is 5.72 Å². The van der Waals surface area contributed by atoms with Gasteiger partial charge in [-0.15, -0.1) is 0 Å². The first-order valence-corrected chi connectivity index (χ1v) is 6.90. The Bertz CT molecular complexity index is 580. The third-order valence-corrected chi connectivity index (χ3v) is 3.56. The molecule has 4 N–H and O–H groups in total. The Balaban J connectivity index is 2.16. The van der Waals surface area contributed by atoms with E-state index in [0.717, 1.165) is 0 Å². The molecule has 1 heterocycles. The Morgan fingerprint density at radius 1 is 1.35 bits per heavy atom. The number of hydrogen-bond acceptors (Lipinski definition) is 9. The fraction of sp³-hybridized carbons (Fsp3) is 0.538. The fourth-order valence-electron chi connectivity index (χ4n) is 2.15. The second-order valence-corrected chi connectivity index (χ2v) is 4.95. The highest BCUT2D eigenvalue weighted by Crippen LogP contribution is 2.32. The molecule has 1 aromatic carbocycles. The van der Waals surface area contributed by atoms with Gasteiger partial charge in [0.2, 0.25) is 5.75 Å². The predicted molar refractivity (Wildman–Crippen MR) is 79.9 cm³/mol. The van der Waals surface area contributed by atoms with Crippen molar-refractivity contribution in [2.24, 2.45) is 0 Å². The minimum Gasteiger partial charge on any atom is -0.508 e. The van der Waals surface area contributed by atoms with Gasteiger partial charge in [0.25, 0.3) is 6.03 Å². The number of phenolic OH excluding ortho intramolecular Hbond substituents is 1. The predicted octanol–water partition coefficient (Wildman–Crippen LogP) is -0.308. The van der Waals surface area contributed by atoms with E-state index in [1.807, 2.05) is 0 Å². The zero-order valence-corrected chi connectivity index (χ0v) is 13.1. The lowest BCUT2D eigenvalue weighted by Crippen LogP contribution is -2.59. The van der Waals surface area contributed by atoms with Crippen LogP contribution in [0.25, 0.3) is 0 Å². The highest BCUT2D eigenvalue weighted by molar-refractivity contribution is 5.50. The summed E-state index contributed by atoms with van der Waals surface area (Å²) in [7, 11) is 4.97. The van der Waals surface area contributed by atoms with Crippen molar-refractivity contribution >= 4 is 5.69 Å². The summed E-state index contributed by atoms with van der Waals surface area (Å²) in [5, 5.41) is 29.2. The van der Waals surface area contributed by atoms with Crippen LogP contribution in [0.2, 0.25) is 0 Å². The summed E-state index contributed by atoms with van der Waals surface area (Å²) in [6.07, 6.45) is 0. The van der Waals surface area contributed by atoms with Crippen LogP contribution in [0.4, 0.5) is 5.69 Å². The molecule has 0 bridgehead atoms. The van der Waals surface area contributed by atoms with Gasteiger partial charge in [-0.3, -0.25) is 30.8 Å². The third-order valence-electron chi connectivity index (χ3n) is 3.56. The zero-order valence-electron chi connectivity index (χ0n) is 13.1. The minimum atomic E-state index is -1.18. The summed E-state index contributed by atoms with van der Waals surface area (Å²) in [6, 6.07) is 2.40. The number of nitro benzene ring substituents is 1. The number of aromatic hydroxyl groups is 1. The van der Waals surface area contributed by atoms with Crippen LogP contribution in [-0.2, 0) is 9.47 Å². The number of rotatable bonds is 7. The number of ether oxygens (including phenoxy) is 3. The second kappa shape index (κ2) is 6.64. The second-order valence-electron chi connectivity index (χ2n) is 4.95. The van der Waals surface area contributed by atoms with E-state index in [1.54, 1.807) is 21.1 Å². The lowest BCUT2D eigenvalue weighted by Gasteiger charge is -2.31. The molecule has 10 heteroatoms. The summed E-state index contributed by atoms with van der Waals surface area (Å²) in [5.41, 5.74) is -1.27. The molecule has 0 saturated carbocycles. The largest absolute Gasteiger partial charge is 0.508 e. The first kappa shape index (κ1) is 17.4. The number of nitro groups is 1. The van der Waals surface area contributed by atoms with Crippen molar-refractivity contribution in [1.29, 1.82) is 0 Å². The number of nitrogens with one attached hydrogen (secondary N) is 3. The molecule has 128 valence electrons. The van der Waals surface area contributed by atoms with Crippen LogP contribution in [0.1, 0.15) is 0 Å². The van der Waals surface area contributed by atoms with Gasteiger partial charge in [-0.05, 0) is 27.2 Å². The van der Waals surface area contributed by atoms with Crippen LogP contribution in [-0.4, -0.2) is 56.1 Å². The molecule has 0 amide bonds. The van der Waals surface area contributed by atoms with Gasteiger partial charge in [0.05, 0.1) is 11.5 Å². The number of likely N-dealkylation sites (N-methyl/N-ethyl adjacent to an activating group) is 1. The van der Waals surface area contributed by atoms with Crippen LogP contribution in [0, 0.1) is 10.1 Å². The topological polar surface area (TPSA) is 127 Å². The molecular weight excluding hydrogens is 308 g/mol. The van der Waals surface area contributed by atoms with E-state index in [4.69, 9.17) is 14.2 Å². The van der Waals surface area contributed by atoms with Crippen LogP contribution in [0.3, 0.4) is 0 Å². The smallest absolute Gasteiger partial charge is 0.311 e. The molecule has 0 spiro atoms. The van der Waals surface area contributed by atoms with E-state index in [-0.39, 0.29) is 30.4 Å². The molecule has 1 fully saturated rings. The van der Waals surface area contributed by atoms with Gasteiger partial charge in [-0.25, -0.2) is 0 Å². The lowest BCUT2D eigenvalue weighted by molar-refractivity contribution is -0.386. The van der Waals surface area contributed by atoms with E-state index < -0.39 is 16.7 Å². The highest BCUT2D eigenvalue weighted by Gasteiger charge is 2.50. The molecule has 1 aliphatic heterocycles. The standard InChI is InChI=1S/C13H20N4O6/c1-14-12(8-22-13(15-2,16-3)23-12)7-21-11-6-9(18)4-5-10(11)17(19)20/h4-6,14-16,18H,7-8H2,1-3H3/t12-/m1/s1. The monoisotopic (exact) mass is 328 g/mol. The molecule has 2 rings (SSSR count). The first-order chi connectivity index (χ1) is 10.9. The van der Waals surface area contributed by atoms with Gasteiger partial charge in [0.1, 0.15) is 12.4 Å². The molecule has 0 aromatic heterocycles. The first-order valence-electron chi connectivity index (χ1n) is 6.90. The van der Waals surface area contributed by atoms with E-state index in [0.29, 0.717) is 0 Å². The van der Waals surface area contributed by atoms with Crippen molar-refractivity contribution in [3.63, 3.8) is 0 Å². The van der Waals surface area contributed by atoms with E-state index in [2.05, 4.69) is 16.0 Å². The van der Waals surface area contributed by atoms with Crippen LogP contribution in [0.15, 0.2) is 18.2 Å². The van der Waals surface area contributed by atoms with Crippen molar-refractivity contribution in [3.8, 4) is 11.5 Å². The molecule has 1 aromatic rings. The highest BCUT2D eigenvalue weighted by atomic mass is 16.8. The van der Waals surface area contributed by atoms with E-state index in [1.165, 1.54) is 18.2 Å². The molecule has 1 atom stereocenters. The van der Waals surface area contributed by atoms with E-state index >= 15 is 0 Å². The van der Waals surface area contributed by atoms with Crippen molar-refractivity contribution in [1.82, 2.24) is 16.0 Å². The van der Waals surface area contributed by atoms with Gasteiger partial charge in [0, 0.05) is 12.1 Å². The zero-order chi connectivity index (χ0) is 17.1. The van der Waals surface area contributed by atoms with Gasteiger partial charge < -0.3 is 14.6 Å². The maximum absolute atomic E-state index is 11.0. The molecule has 23 heavy (non-hydrogen) atoms. The molecule has 1 saturated heterocycles. The Morgan fingerprint density at radius 2 is 2.04 bits per heavy atom. The SMILES string of the molecule is CNC1(NC)OC[C@](COc2cc(O)ccc2[N+](=O)[O-])(NC)O1.